The van der Waals surface area contributed by atoms with Gasteiger partial charge in [-0.15, -0.1) is 0 Å². The third-order valence-corrected chi connectivity index (χ3v) is 4.85. The highest BCUT2D eigenvalue weighted by atomic mass is 32.2. The van der Waals surface area contributed by atoms with Gasteiger partial charge < -0.3 is 10.6 Å². The van der Waals surface area contributed by atoms with Gasteiger partial charge in [-0.3, -0.25) is 0 Å². The molecule has 2 rings (SSSR count). The summed E-state index contributed by atoms with van der Waals surface area (Å²) in [5.74, 6) is 0.538. The molecule has 1 fully saturated rings. The molecule has 1 saturated carbocycles. The maximum absolute atomic E-state index is 11.8. The number of rotatable bonds is 6. The van der Waals surface area contributed by atoms with E-state index in [1.165, 1.54) is 26.0 Å². The SMILES string of the molecule is CNS(=O)(=O)c1ccc(N(CC(C)C)C2CC2)c(N)c1. The highest BCUT2D eigenvalue weighted by Crippen LogP contribution is 2.36. The number of nitrogens with two attached hydrogens (primary N) is 1. The minimum Gasteiger partial charge on any atom is -0.397 e. The van der Waals surface area contributed by atoms with Gasteiger partial charge in [0, 0.05) is 12.6 Å². The van der Waals surface area contributed by atoms with E-state index in [1.807, 2.05) is 6.07 Å². The molecule has 1 aliphatic carbocycles. The number of benzene rings is 1. The number of nitrogen functional groups attached to an aromatic ring is 1. The average molecular weight is 297 g/mol. The summed E-state index contributed by atoms with van der Waals surface area (Å²) in [5.41, 5.74) is 7.54. The topological polar surface area (TPSA) is 75.4 Å². The lowest BCUT2D eigenvalue weighted by molar-refractivity contribution is 0.588. The summed E-state index contributed by atoms with van der Waals surface area (Å²) in [4.78, 5) is 2.51. The quantitative estimate of drug-likeness (QED) is 0.785. The van der Waals surface area contributed by atoms with Crippen LogP contribution in [-0.2, 0) is 10.0 Å². The molecule has 6 heteroatoms. The molecule has 0 radical (unpaired) electrons. The van der Waals surface area contributed by atoms with E-state index in [-0.39, 0.29) is 4.90 Å². The fourth-order valence-corrected chi connectivity index (χ4v) is 3.07. The first kappa shape index (κ1) is 15.1. The molecule has 0 aliphatic heterocycles. The van der Waals surface area contributed by atoms with Gasteiger partial charge in [-0.1, -0.05) is 13.8 Å². The van der Waals surface area contributed by atoms with E-state index in [9.17, 15) is 8.42 Å². The maximum Gasteiger partial charge on any atom is 0.240 e. The van der Waals surface area contributed by atoms with Crippen molar-refractivity contribution in [2.24, 2.45) is 5.92 Å². The highest BCUT2D eigenvalue weighted by molar-refractivity contribution is 7.89. The first-order valence-electron chi connectivity index (χ1n) is 6.95. The molecular weight excluding hydrogens is 274 g/mol. The number of nitrogens with zero attached hydrogens (tertiary/aromatic N) is 1. The molecular formula is C14H23N3O2S. The normalized spacial score (nSPS) is 15.6. The van der Waals surface area contributed by atoms with Crippen molar-refractivity contribution < 1.29 is 8.42 Å². The van der Waals surface area contributed by atoms with E-state index in [4.69, 9.17) is 5.73 Å². The Kier molecular flexibility index (Phi) is 4.25. The van der Waals surface area contributed by atoms with Crippen molar-refractivity contribution in [2.45, 2.75) is 37.6 Å². The lowest BCUT2D eigenvalue weighted by Gasteiger charge is -2.28. The zero-order chi connectivity index (χ0) is 14.9. The number of hydrogen-bond donors (Lipinski definition) is 2. The van der Waals surface area contributed by atoms with Crippen LogP contribution in [0.25, 0.3) is 0 Å². The van der Waals surface area contributed by atoms with Crippen LogP contribution in [-0.4, -0.2) is 28.1 Å². The first-order valence-corrected chi connectivity index (χ1v) is 8.43. The van der Waals surface area contributed by atoms with E-state index in [0.717, 1.165) is 12.2 Å². The third-order valence-electron chi connectivity index (χ3n) is 3.44. The van der Waals surface area contributed by atoms with Crippen LogP contribution in [0.1, 0.15) is 26.7 Å². The summed E-state index contributed by atoms with van der Waals surface area (Å²) >= 11 is 0. The monoisotopic (exact) mass is 297 g/mol. The zero-order valence-corrected chi connectivity index (χ0v) is 13.1. The number of sulfonamides is 1. The van der Waals surface area contributed by atoms with Gasteiger partial charge in [0.25, 0.3) is 0 Å². The van der Waals surface area contributed by atoms with Crippen LogP contribution in [0, 0.1) is 5.92 Å². The molecule has 0 unspecified atom stereocenters. The summed E-state index contributed by atoms with van der Waals surface area (Å²) < 4.78 is 25.9. The zero-order valence-electron chi connectivity index (χ0n) is 12.3. The second-order valence-electron chi connectivity index (χ2n) is 5.71. The van der Waals surface area contributed by atoms with Crippen LogP contribution in [0.3, 0.4) is 0 Å². The van der Waals surface area contributed by atoms with E-state index in [1.54, 1.807) is 6.07 Å². The van der Waals surface area contributed by atoms with Gasteiger partial charge in [-0.05, 0) is 44.0 Å². The second kappa shape index (κ2) is 5.61. The van der Waals surface area contributed by atoms with Crippen LogP contribution in [0.15, 0.2) is 23.1 Å². The molecule has 5 nitrogen and oxygen atoms in total. The molecule has 1 aliphatic rings. The fraction of sp³-hybridized carbons (Fsp3) is 0.571. The van der Waals surface area contributed by atoms with Gasteiger partial charge in [0.1, 0.15) is 0 Å². The molecule has 0 aromatic heterocycles. The predicted octanol–water partition coefficient (Wildman–Crippen LogP) is 1.80. The van der Waals surface area contributed by atoms with E-state index in [2.05, 4.69) is 23.5 Å². The summed E-state index contributed by atoms with van der Waals surface area (Å²) in [6, 6.07) is 5.52. The molecule has 1 aromatic rings. The van der Waals surface area contributed by atoms with Crippen molar-refractivity contribution in [1.82, 2.24) is 4.72 Å². The summed E-state index contributed by atoms with van der Waals surface area (Å²) in [7, 11) is -2.04. The van der Waals surface area contributed by atoms with Crippen molar-refractivity contribution in [3.05, 3.63) is 18.2 Å². The standard InChI is InChI=1S/C14H23N3O2S/c1-10(2)9-17(11-4-5-11)14-7-6-12(8-13(14)15)20(18,19)16-3/h6-8,10-11,16H,4-5,9,15H2,1-3H3. The minimum atomic E-state index is -3.44. The molecule has 20 heavy (non-hydrogen) atoms. The molecule has 0 atom stereocenters. The molecule has 0 spiro atoms. The Morgan fingerprint density at radius 1 is 1.40 bits per heavy atom. The van der Waals surface area contributed by atoms with Crippen molar-refractivity contribution in [3.8, 4) is 0 Å². The number of anilines is 2. The minimum absolute atomic E-state index is 0.210. The van der Waals surface area contributed by atoms with Gasteiger partial charge in [-0.25, -0.2) is 13.1 Å². The van der Waals surface area contributed by atoms with Gasteiger partial charge >= 0.3 is 0 Å². The van der Waals surface area contributed by atoms with Crippen molar-refractivity contribution in [2.75, 3.05) is 24.2 Å². The molecule has 0 bridgehead atoms. The largest absolute Gasteiger partial charge is 0.397 e. The Morgan fingerprint density at radius 2 is 2.05 bits per heavy atom. The van der Waals surface area contributed by atoms with Gasteiger partial charge in [0.2, 0.25) is 10.0 Å². The smallest absolute Gasteiger partial charge is 0.240 e. The number of nitrogens with one attached hydrogen (secondary N) is 1. The lowest BCUT2D eigenvalue weighted by Crippen LogP contribution is -2.30. The lowest BCUT2D eigenvalue weighted by atomic mass is 10.1. The van der Waals surface area contributed by atoms with Crippen molar-refractivity contribution in [3.63, 3.8) is 0 Å². The van der Waals surface area contributed by atoms with Gasteiger partial charge in [0.15, 0.2) is 0 Å². The predicted molar refractivity (Wildman–Crippen MR) is 82.3 cm³/mol. The second-order valence-corrected chi connectivity index (χ2v) is 7.59. The Labute approximate surface area is 121 Å². The molecule has 0 heterocycles. The van der Waals surface area contributed by atoms with E-state index in [0.29, 0.717) is 17.6 Å². The summed E-state index contributed by atoms with van der Waals surface area (Å²) in [6.07, 6.45) is 2.37. The average Bonchev–Trinajstić information content (AvgIpc) is 3.20. The van der Waals surface area contributed by atoms with Crippen LogP contribution < -0.4 is 15.4 Å². The molecule has 1 aromatic carbocycles. The number of hydrogen-bond acceptors (Lipinski definition) is 4. The summed E-state index contributed by atoms with van der Waals surface area (Å²) in [5, 5.41) is 0. The van der Waals surface area contributed by atoms with E-state index >= 15 is 0 Å². The van der Waals surface area contributed by atoms with Crippen LogP contribution in [0.2, 0.25) is 0 Å². The molecule has 0 amide bonds. The van der Waals surface area contributed by atoms with Gasteiger partial charge in [-0.2, -0.15) is 0 Å². The fourth-order valence-electron chi connectivity index (χ4n) is 2.30. The molecule has 3 N–H and O–H groups in total. The summed E-state index contributed by atoms with van der Waals surface area (Å²) in [6.45, 7) is 5.28. The highest BCUT2D eigenvalue weighted by Gasteiger charge is 2.30. The third kappa shape index (κ3) is 3.24. The van der Waals surface area contributed by atoms with Crippen molar-refractivity contribution in [1.29, 1.82) is 0 Å². The Hall–Kier alpha value is -1.27. The van der Waals surface area contributed by atoms with Crippen molar-refractivity contribution >= 4 is 21.4 Å². The Bertz CT molecular complexity index is 580. The first-order chi connectivity index (χ1) is 9.35. The molecule has 112 valence electrons. The Balaban J connectivity index is 2.33. The van der Waals surface area contributed by atoms with E-state index < -0.39 is 10.0 Å². The van der Waals surface area contributed by atoms with Crippen LogP contribution in [0.5, 0.6) is 0 Å². The van der Waals surface area contributed by atoms with Gasteiger partial charge in [0.05, 0.1) is 16.3 Å². The van der Waals surface area contributed by atoms with Crippen LogP contribution in [0.4, 0.5) is 11.4 Å². The van der Waals surface area contributed by atoms with Crippen LogP contribution >= 0.6 is 0 Å². The maximum atomic E-state index is 11.8. The molecule has 0 saturated heterocycles. The Morgan fingerprint density at radius 3 is 2.50 bits per heavy atom.